The predicted octanol–water partition coefficient (Wildman–Crippen LogP) is 3.39. The quantitative estimate of drug-likeness (QED) is 0.838. The predicted molar refractivity (Wildman–Crippen MR) is 92.2 cm³/mol. The number of nitrogens with zero attached hydrogens (tertiary/aromatic N) is 2. The van der Waals surface area contributed by atoms with Crippen LogP contribution in [0.25, 0.3) is 0 Å². The minimum absolute atomic E-state index is 0.230. The maximum Gasteiger partial charge on any atom is 0.410 e. The van der Waals surface area contributed by atoms with Gasteiger partial charge in [0, 0.05) is 26.2 Å². The maximum absolute atomic E-state index is 12.3. The fourth-order valence-electron chi connectivity index (χ4n) is 2.84. The fourth-order valence-corrected chi connectivity index (χ4v) is 2.84. The molecule has 5 nitrogen and oxygen atoms in total. The molecule has 1 fully saturated rings. The van der Waals surface area contributed by atoms with Crippen LogP contribution in [-0.2, 0) is 4.74 Å². The molecular weight excluding hydrogens is 292 g/mol. The molecule has 1 aliphatic heterocycles. The van der Waals surface area contributed by atoms with Gasteiger partial charge in [-0.1, -0.05) is 19.1 Å². The third-order valence-corrected chi connectivity index (χ3v) is 3.78. The third-order valence-electron chi connectivity index (χ3n) is 3.78. The lowest BCUT2D eigenvalue weighted by Crippen LogP contribution is -2.39. The number of hydrogen-bond acceptors (Lipinski definition) is 4. The summed E-state index contributed by atoms with van der Waals surface area (Å²) in [5.41, 5.74) is 0.613. The van der Waals surface area contributed by atoms with E-state index in [0.717, 1.165) is 24.5 Å². The van der Waals surface area contributed by atoms with Gasteiger partial charge in [-0.25, -0.2) is 4.79 Å². The summed E-state index contributed by atoms with van der Waals surface area (Å²) in [4.78, 5) is 16.4. The molecule has 128 valence electrons. The van der Waals surface area contributed by atoms with Gasteiger partial charge >= 0.3 is 6.09 Å². The van der Waals surface area contributed by atoms with Crippen molar-refractivity contribution >= 4 is 11.8 Å². The number of carbonyl (C=O) groups excluding carboxylic acids is 1. The summed E-state index contributed by atoms with van der Waals surface area (Å²) in [7, 11) is 1.69. The summed E-state index contributed by atoms with van der Waals surface area (Å²) >= 11 is 0. The summed E-state index contributed by atoms with van der Waals surface area (Å²) in [5, 5.41) is 0. The van der Waals surface area contributed by atoms with E-state index in [1.165, 1.54) is 0 Å². The lowest BCUT2D eigenvalue weighted by molar-refractivity contribution is 0.0245. The Morgan fingerprint density at radius 3 is 2.52 bits per heavy atom. The largest absolute Gasteiger partial charge is 0.495 e. The van der Waals surface area contributed by atoms with Gasteiger partial charge in [0.2, 0.25) is 0 Å². The molecule has 0 saturated carbocycles. The molecule has 0 bridgehead atoms. The van der Waals surface area contributed by atoms with Gasteiger partial charge in [-0.2, -0.15) is 0 Å². The third kappa shape index (κ3) is 4.78. The maximum atomic E-state index is 12.3. The summed E-state index contributed by atoms with van der Waals surface area (Å²) < 4.78 is 11.0. The summed E-state index contributed by atoms with van der Waals surface area (Å²) in [6, 6.07) is 8.01. The van der Waals surface area contributed by atoms with E-state index < -0.39 is 5.60 Å². The number of ether oxygens (including phenoxy) is 2. The Morgan fingerprint density at radius 1 is 1.17 bits per heavy atom. The van der Waals surface area contributed by atoms with E-state index in [-0.39, 0.29) is 6.09 Å². The van der Waals surface area contributed by atoms with Gasteiger partial charge in [0.1, 0.15) is 11.4 Å². The molecule has 2 rings (SSSR count). The highest BCUT2D eigenvalue weighted by molar-refractivity contribution is 5.68. The molecule has 1 amide bonds. The summed E-state index contributed by atoms with van der Waals surface area (Å²) in [6.07, 6.45) is -0.230. The highest BCUT2D eigenvalue weighted by Gasteiger charge is 2.27. The van der Waals surface area contributed by atoms with Crippen LogP contribution in [0, 0.1) is 5.92 Å². The average Bonchev–Trinajstić information content (AvgIpc) is 2.67. The molecule has 0 spiro atoms. The number of amides is 1. The number of methoxy groups -OCH3 is 1. The van der Waals surface area contributed by atoms with Crippen molar-refractivity contribution in [3.05, 3.63) is 24.3 Å². The number of anilines is 1. The molecule has 5 heteroatoms. The van der Waals surface area contributed by atoms with E-state index in [2.05, 4.69) is 17.9 Å². The van der Waals surface area contributed by atoms with E-state index in [1.807, 2.05) is 43.9 Å². The van der Waals surface area contributed by atoms with Gasteiger partial charge in [-0.05, 0) is 38.8 Å². The topological polar surface area (TPSA) is 42.0 Å². The first-order chi connectivity index (χ1) is 10.8. The molecule has 1 aromatic rings. The summed E-state index contributed by atoms with van der Waals surface area (Å²) in [5.74, 6) is 1.22. The molecule has 1 aromatic carbocycles. The van der Waals surface area contributed by atoms with Crippen LogP contribution in [-0.4, -0.2) is 49.9 Å². The first-order valence-corrected chi connectivity index (χ1v) is 8.16. The van der Waals surface area contributed by atoms with Gasteiger partial charge in [0.05, 0.1) is 12.8 Å². The Balaban J connectivity index is 2.10. The first-order valence-electron chi connectivity index (χ1n) is 8.16. The number of carbonyl (C=O) groups is 1. The molecule has 1 unspecified atom stereocenters. The lowest BCUT2D eigenvalue weighted by Gasteiger charge is -2.27. The van der Waals surface area contributed by atoms with Crippen molar-refractivity contribution in [2.75, 3.05) is 38.2 Å². The number of rotatable bonds is 2. The molecular formula is C18H28N2O3. The highest BCUT2D eigenvalue weighted by Crippen LogP contribution is 2.29. The fraction of sp³-hybridized carbons (Fsp3) is 0.611. The minimum atomic E-state index is -0.463. The number of benzene rings is 1. The van der Waals surface area contributed by atoms with Gasteiger partial charge in [-0.15, -0.1) is 0 Å². The summed E-state index contributed by atoms with van der Waals surface area (Å²) in [6.45, 7) is 10.9. The lowest BCUT2D eigenvalue weighted by atomic mass is 10.1. The van der Waals surface area contributed by atoms with E-state index in [9.17, 15) is 4.79 Å². The molecule has 0 N–H and O–H groups in total. The Bertz CT molecular complexity index is 539. The molecule has 1 saturated heterocycles. The zero-order chi connectivity index (χ0) is 17.0. The molecule has 1 aliphatic rings. The smallest absolute Gasteiger partial charge is 0.410 e. The zero-order valence-corrected chi connectivity index (χ0v) is 14.8. The van der Waals surface area contributed by atoms with Gasteiger partial charge in [0.15, 0.2) is 0 Å². The molecule has 0 radical (unpaired) electrons. The average molecular weight is 320 g/mol. The monoisotopic (exact) mass is 320 g/mol. The van der Waals surface area contributed by atoms with Crippen molar-refractivity contribution in [2.24, 2.45) is 5.92 Å². The Morgan fingerprint density at radius 2 is 1.87 bits per heavy atom. The second kappa shape index (κ2) is 7.11. The van der Waals surface area contributed by atoms with E-state index >= 15 is 0 Å². The van der Waals surface area contributed by atoms with E-state index in [1.54, 1.807) is 7.11 Å². The van der Waals surface area contributed by atoms with Crippen LogP contribution in [0.1, 0.15) is 27.7 Å². The molecule has 0 aliphatic carbocycles. The molecule has 1 heterocycles. The van der Waals surface area contributed by atoms with Crippen LogP contribution < -0.4 is 9.64 Å². The second-order valence-electron chi connectivity index (χ2n) is 7.15. The molecule has 0 aromatic heterocycles. The van der Waals surface area contributed by atoms with Crippen molar-refractivity contribution in [3.8, 4) is 5.75 Å². The number of hydrogen-bond donors (Lipinski definition) is 0. The standard InChI is InChI=1S/C18H28N2O3/c1-14-12-19(15-8-6-7-9-16(15)22-5)10-11-20(13-14)17(21)23-18(2,3)4/h6-9,14H,10-13H2,1-5H3. The van der Waals surface area contributed by atoms with Crippen LogP contribution >= 0.6 is 0 Å². The molecule has 23 heavy (non-hydrogen) atoms. The minimum Gasteiger partial charge on any atom is -0.495 e. The van der Waals surface area contributed by atoms with Crippen molar-refractivity contribution in [2.45, 2.75) is 33.3 Å². The van der Waals surface area contributed by atoms with Crippen LogP contribution in [0.4, 0.5) is 10.5 Å². The van der Waals surface area contributed by atoms with E-state index in [4.69, 9.17) is 9.47 Å². The SMILES string of the molecule is COc1ccccc1N1CCN(C(=O)OC(C)(C)C)CC(C)C1. The van der Waals surface area contributed by atoms with Crippen molar-refractivity contribution < 1.29 is 14.3 Å². The normalized spacial score (nSPS) is 19.3. The van der Waals surface area contributed by atoms with Gasteiger partial charge in [0.25, 0.3) is 0 Å². The highest BCUT2D eigenvalue weighted by atomic mass is 16.6. The van der Waals surface area contributed by atoms with Crippen molar-refractivity contribution in [1.29, 1.82) is 0 Å². The van der Waals surface area contributed by atoms with Crippen molar-refractivity contribution in [1.82, 2.24) is 4.90 Å². The number of para-hydroxylation sites is 2. The zero-order valence-electron chi connectivity index (χ0n) is 14.8. The Labute approximate surface area is 139 Å². The van der Waals surface area contributed by atoms with Crippen LogP contribution in [0.5, 0.6) is 5.75 Å². The molecule has 1 atom stereocenters. The van der Waals surface area contributed by atoms with Gasteiger partial charge in [-0.3, -0.25) is 0 Å². The van der Waals surface area contributed by atoms with E-state index in [0.29, 0.717) is 19.0 Å². The van der Waals surface area contributed by atoms with Crippen LogP contribution in [0.2, 0.25) is 0 Å². The Hall–Kier alpha value is -1.91. The van der Waals surface area contributed by atoms with Gasteiger partial charge < -0.3 is 19.3 Å². The van der Waals surface area contributed by atoms with Crippen LogP contribution in [0.15, 0.2) is 24.3 Å². The second-order valence-corrected chi connectivity index (χ2v) is 7.15. The first kappa shape index (κ1) is 17.4. The Kier molecular flexibility index (Phi) is 5.39. The van der Waals surface area contributed by atoms with Crippen LogP contribution in [0.3, 0.4) is 0 Å². The van der Waals surface area contributed by atoms with Crippen molar-refractivity contribution in [3.63, 3.8) is 0 Å².